The molecule has 0 aromatic heterocycles. The van der Waals surface area contributed by atoms with Gasteiger partial charge in [-0.2, -0.15) is 5.26 Å². The van der Waals surface area contributed by atoms with Gasteiger partial charge in [-0.1, -0.05) is 13.0 Å². The van der Waals surface area contributed by atoms with Crippen molar-refractivity contribution in [1.82, 2.24) is 4.90 Å². The summed E-state index contributed by atoms with van der Waals surface area (Å²) < 4.78 is 25.5. The number of nitrogens with zero attached hydrogens (tertiary/aromatic N) is 3. The molecule has 0 spiro atoms. The third-order valence-corrected chi connectivity index (χ3v) is 5.81. The van der Waals surface area contributed by atoms with Gasteiger partial charge in [0, 0.05) is 25.6 Å². The first kappa shape index (κ1) is 19.3. The van der Waals surface area contributed by atoms with Gasteiger partial charge in [0.1, 0.15) is 0 Å². The first-order valence-corrected chi connectivity index (χ1v) is 10.5. The van der Waals surface area contributed by atoms with Crippen LogP contribution < -0.4 is 4.31 Å². The lowest BCUT2D eigenvalue weighted by Gasteiger charge is -2.36. The Bertz CT molecular complexity index is 755. The van der Waals surface area contributed by atoms with Gasteiger partial charge in [0.25, 0.3) is 0 Å². The number of hydrogen-bond donors (Lipinski definition) is 0. The Labute approximate surface area is 150 Å². The van der Waals surface area contributed by atoms with E-state index in [-0.39, 0.29) is 24.9 Å². The third kappa shape index (κ3) is 4.95. The van der Waals surface area contributed by atoms with Crippen molar-refractivity contribution >= 4 is 21.6 Å². The van der Waals surface area contributed by atoms with Crippen molar-refractivity contribution in [3.63, 3.8) is 0 Å². The quantitative estimate of drug-likeness (QED) is 0.777. The van der Waals surface area contributed by atoms with Crippen LogP contribution in [0.4, 0.5) is 5.69 Å². The van der Waals surface area contributed by atoms with Crippen molar-refractivity contribution < 1.29 is 13.2 Å². The predicted molar refractivity (Wildman–Crippen MR) is 97.6 cm³/mol. The van der Waals surface area contributed by atoms with E-state index in [0.29, 0.717) is 11.3 Å². The van der Waals surface area contributed by atoms with Crippen LogP contribution in [0.2, 0.25) is 0 Å². The van der Waals surface area contributed by atoms with Crippen LogP contribution in [0.25, 0.3) is 0 Å². The molecule has 136 valence electrons. The number of hydrogen-bond acceptors (Lipinski definition) is 4. The normalized spacial score (nSPS) is 17.8. The lowest BCUT2D eigenvalue weighted by atomic mass is 9.99. The van der Waals surface area contributed by atoms with Gasteiger partial charge in [-0.05, 0) is 43.9 Å². The summed E-state index contributed by atoms with van der Waals surface area (Å²) in [6.07, 6.45) is 5.33. The highest BCUT2D eigenvalue weighted by molar-refractivity contribution is 7.92. The van der Waals surface area contributed by atoms with Gasteiger partial charge in [0.05, 0.1) is 23.6 Å². The van der Waals surface area contributed by atoms with Crippen LogP contribution in [0.1, 0.15) is 44.6 Å². The Morgan fingerprint density at radius 1 is 1.40 bits per heavy atom. The largest absolute Gasteiger partial charge is 0.340 e. The zero-order valence-electron chi connectivity index (χ0n) is 14.8. The van der Waals surface area contributed by atoms with Crippen molar-refractivity contribution in [3.8, 4) is 6.07 Å². The molecule has 1 aromatic rings. The number of amides is 1. The predicted octanol–water partition coefficient (Wildman–Crippen LogP) is 2.51. The minimum Gasteiger partial charge on any atom is -0.340 e. The Morgan fingerprint density at radius 3 is 2.80 bits per heavy atom. The molecular weight excluding hydrogens is 338 g/mol. The Balaban J connectivity index is 2.13. The number of sulfonamides is 1. The summed E-state index contributed by atoms with van der Waals surface area (Å²) in [4.78, 5) is 14.5. The van der Waals surface area contributed by atoms with Crippen molar-refractivity contribution in [2.45, 2.75) is 45.1 Å². The number of carbonyl (C=O) groups is 1. The van der Waals surface area contributed by atoms with Gasteiger partial charge < -0.3 is 4.90 Å². The molecule has 0 bridgehead atoms. The fourth-order valence-electron chi connectivity index (χ4n) is 3.31. The summed E-state index contributed by atoms with van der Waals surface area (Å²) in [5.74, 6) is -0.00311. The average molecular weight is 363 g/mol. The van der Waals surface area contributed by atoms with Gasteiger partial charge >= 0.3 is 0 Å². The summed E-state index contributed by atoms with van der Waals surface area (Å²) >= 11 is 0. The molecule has 1 aliphatic heterocycles. The number of benzene rings is 1. The molecule has 7 heteroatoms. The molecule has 1 unspecified atom stereocenters. The van der Waals surface area contributed by atoms with Crippen LogP contribution in [0.15, 0.2) is 24.3 Å². The second-order valence-corrected chi connectivity index (χ2v) is 8.30. The summed E-state index contributed by atoms with van der Waals surface area (Å²) in [5, 5.41) is 9.01. The Morgan fingerprint density at radius 2 is 2.16 bits per heavy atom. The highest BCUT2D eigenvalue weighted by Crippen LogP contribution is 2.22. The fraction of sp³-hybridized carbons (Fsp3) is 0.556. The molecule has 0 aliphatic carbocycles. The zero-order chi connectivity index (χ0) is 18.4. The topological polar surface area (TPSA) is 81.5 Å². The Kier molecular flexibility index (Phi) is 6.43. The summed E-state index contributed by atoms with van der Waals surface area (Å²) in [7, 11) is -3.54. The first-order chi connectivity index (χ1) is 11.9. The van der Waals surface area contributed by atoms with E-state index < -0.39 is 10.0 Å². The van der Waals surface area contributed by atoms with Crippen LogP contribution >= 0.6 is 0 Å². The van der Waals surface area contributed by atoms with Crippen molar-refractivity contribution in [3.05, 3.63) is 29.8 Å². The second-order valence-electron chi connectivity index (χ2n) is 6.39. The second kappa shape index (κ2) is 8.34. The molecule has 1 aliphatic rings. The lowest BCUT2D eigenvalue weighted by molar-refractivity contribution is -0.134. The molecule has 1 heterocycles. The molecule has 1 aromatic carbocycles. The van der Waals surface area contributed by atoms with Crippen LogP contribution in [0, 0.1) is 11.3 Å². The van der Waals surface area contributed by atoms with Crippen LogP contribution in [-0.4, -0.2) is 44.6 Å². The van der Waals surface area contributed by atoms with Gasteiger partial charge in [-0.25, -0.2) is 8.42 Å². The number of likely N-dealkylation sites (tertiary alicyclic amines) is 1. The summed E-state index contributed by atoms with van der Waals surface area (Å²) in [6, 6.07) is 8.70. The van der Waals surface area contributed by atoms with Crippen molar-refractivity contribution in [2.75, 3.05) is 23.7 Å². The van der Waals surface area contributed by atoms with Crippen molar-refractivity contribution in [2.24, 2.45) is 0 Å². The molecule has 1 fully saturated rings. The maximum atomic E-state index is 12.6. The van der Waals surface area contributed by atoms with Crippen molar-refractivity contribution in [1.29, 1.82) is 5.26 Å². The number of piperidine rings is 1. The van der Waals surface area contributed by atoms with Crippen LogP contribution in [0.3, 0.4) is 0 Å². The molecule has 0 N–H and O–H groups in total. The molecule has 1 saturated heterocycles. The van der Waals surface area contributed by atoms with E-state index in [1.54, 1.807) is 18.2 Å². The van der Waals surface area contributed by atoms with Gasteiger partial charge in [0.2, 0.25) is 15.9 Å². The zero-order valence-corrected chi connectivity index (χ0v) is 15.6. The van der Waals surface area contributed by atoms with Crippen LogP contribution in [0.5, 0.6) is 0 Å². The van der Waals surface area contributed by atoms with Gasteiger partial charge in [-0.3, -0.25) is 9.10 Å². The average Bonchev–Trinajstić information content (AvgIpc) is 2.60. The van der Waals surface area contributed by atoms with E-state index in [1.165, 1.54) is 10.4 Å². The minimum absolute atomic E-state index is 0.00311. The first-order valence-electron chi connectivity index (χ1n) is 8.64. The highest BCUT2D eigenvalue weighted by atomic mass is 32.2. The lowest BCUT2D eigenvalue weighted by Crippen LogP contribution is -2.44. The maximum absolute atomic E-state index is 12.6. The van der Waals surface area contributed by atoms with E-state index in [2.05, 4.69) is 6.92 Å². The molecule has 0 saturated carbocycles. The monoisotopic (exact) mass is 363 g/mol. The van der Waals surface area contributed by atoms with Gasteiger partial charge in [0.15, 0.2) is 0 Å². The smallest absolute Gasteiger partial charge is 0.232 e. The van der Waals surface area contributed by atoms with E-state index in [9.17, 15) is 13.2 Å². The van der Waals surface area contributed by atoms with E-state index in [0.717, 1.165) is 38.5 Å². The van der Waals surface area contributed by atoms with Gasteiger partial charge in [-0.15, -0.1) is 0 Å². The fourth-order valence-corrected chi connectivity index (χ4v) is 4.23. The van der Waals surface area contributed by atoms with E-state index >= 15 is 0 Å². The summed E-state index contributed by atoms with van der Waals surface area (Å²) in [6.45, 7) is 2.91. The molecule has 6 nitrogen and oxygen atoms in total. The summed E-state index contributed by atoms with van der Waals surface area (Å²) in [5.41, 5.74) is 0.805. The van der Waals surface area contributed by atoms with Crippen LogP contribution in [-0.2, 0) is 14.8 Å². The minimum atomic E-state index is -3.54. The molecule has 1 amide bonds. The Hall–Kier alpha value is -2.07. The molecule has 1 atom stereocenters. The molecular formula is C18H25N3O3S. The number of carbonyl (C=O) groups excluding carboxylic acids is 1. The number of rotatable bonds is 6. The SMILES string of the molecule is CCC1CCCCN1C(=O)CCN(c1cccc(C#N)c1)S(C)(=O)=O. The maximum Gasteiger partial charge on any atom is 0.232 e. The number of anilines is 1. The van der Waals surface area contributed by atoms with E-state index in [1.807, 2.05) is 11.0 Å². The molecule has 25 heavy (non-hydrogen) atoms. The third-order valence-electron chi connectivity index (χ3n) is 4.61. The standard InChI is InChI=1S/C18H25N3O3S/c1-3-16-8-4-5-11-20(16)18(22)10-12-21(25(2,23)24)17-9-6-7-15(13-17)14-19/h6-7,9,13,16H,3-5,8,10-12H2,1-2H3. The number of nitriles is 1. The molecule has 0 radical (unpaired) electrons. The molecule has 2 rings (SSSR count). The highest BCUT2D eigenvalue weighted by Gasteiger charge is 2.26. The van der Waals surface area contributed by atoms with E-state index in [4.69, 9.17) is 5.26 Å².